The molecule has 194 valence electrons. The van der Waals surface area contributed by atoms with Gasteiger partial charge in [0.15, 0.2) is 0 Å². The quantitative estimate of drug-likeness (QED) is 0.340. The van der Waals surface area contributed by atoms with Crippen molar-refractivity contribution in [2.24, 2.45) is 0 Å². The second-order valence-corrected chi connectivity index (χ2v) is 11.2. The Morgan fingerprint density at radius 3 is 2.62 bits per heavy atom. The van der Waals surface area contributed by atoms with Gasteiger partial charge in [-0.2, -0.15) is 0 Å². The van der Waals surface area contributed by atoms with Gasteiger partial charge in [0, 0.05) is 41.8 Å². The molecule has 2 atom stereocenters. The minimum Gasteiger partial charge on any atom is -0.372 e. The molecule has 5 rings (SSSR count). The van der Waals surface area contributed by atoms with Crippen LogP contribution in [0, 0.1) is 6.92 Å². The Hall–Kier alpha value is -3.12. The summed E-state index contributed by atoms with van der Waals surface area (Å²) in [6, 6.07) is 20.3. The molecule has 5 nitrogen and oxygen atoms in total. The molecular formula is C31H37N3O2S. The number of nitrogens with one attached hydrogen (secondary N) is 1. The van der Waals surface area contributed by atoms with E-state index in [9.17, 15) is 9.59 Å². The average Bonchev–Trinajstić information content (AvgIpc) is 3.63. The van der Waals surface area contributed by atoms with Crippen molar-refractivity contribution in [3.63, 3.8) is 0 Å². The van der Waals surface area contributed by atoms with Gasteiger partial charge in [0.25, 0.3) is 5.91 Å². The van der Waals surface area contributed by atoms with Crippen molar-refractivity contribution in [2.45, 2.75) is 64.0 Å². The lowest BCUT2D eigenvalue weighted by molar-refractivity contribution is -0.124. The molecular weight excluding hydrogens is 478 g/mol. The van der Waals surface area contributed by atoms with E-state index >= 15 is 0 Å². The molecule has 1 fully saturated rings. The van der Waals surface area contributed by atoms with E-state index in [1.54, 1.807) is 11.3 Å². The van der Waals surface area contributed by atoms with Gasteiger partial charge in [0.05, 0.1) is 12.0 Å². The van der Waals surface area contributed by atoms with E-state index in [4.69, 9.17) is 0 Å². The minimum absolute atomic E-state index is 0.0138. The molecule has 1 aromatic heterocycles. The molecule has 1 saturated carbocycles. The minimum atomic E-state index is -0.410. The Morgan fingerprint density at radius 1 is 1.08 bits per heavy atom. The van der Waals surface area contributed by atoms with E-state index < -0.39 is 5.92 Å². The van der Waals surface area contributed by atoms with Crippen molar-refractivity contribution < 1.29 is 9.59 Å². The molecule has 2 unspecified atom stereocenters. The number of fused-ring (bicyclic) bond motifs is 1. The normalized spacial score (nSPS) is 19.6. The summed E-state index contributed by atoms with van der Waals surface area (Å²) in [5.74, 6) is -0.325. The first-order valence-corrected chi connectivity index (χ1v) is 14.5. The predicted molar refractivity (Wildman–Crippen MR) is 151 cm³/mol. The zero-order valence-corrected chi connectivity index (χ0v) is 22.7. The molecule has 1 aliphatic heterocycles. The van der Waals surface area contributed by atoms with E-state index in [0.29, 0.717) is 12.1 Å². The van der Waals surface area contributed by atoms with Gasteiger partial charge in [-0.15, -0.1) is 11.3 Å². The number of thiophene rings is 1. The number of aryl methyl sites for hydroxylation is 1. The highest BCUT2D eigenvalue weighted by atomic mass is 32.1. The van der Waals surface area contributed by atoms with Crippen LogP contribution in [0.1, 0.15) is 77.3 Å². The summed E-state index contributed by atoms with van der Waals surface area (Å²) in [7, 11) is 0. The number of hydrogen-bond donors (Lipinski definition) is 1. The van der Waals surface area contributed by atoms with Gasteiger partial charge in [0.2, 0.25) is 5.91 Å². The van der Waals surface area contributed by atoms with Gasteiger partial charge in [-0.05, 0) is 73.9 Å². The largest absolute Gasteiger partial charge is 0.372 e. The number of hydrogen-bond acceptors (Lipinski definition) is 4. The smallest absolute Gasteiger partial charge is 0.254 e. The lowest BCUT2D eigenvalue weighted by atomic mass is 9.80. The Kier molecular flexibility index (Phi) is 7.94. The van der Waals surface area contributed by atoms with E-state index in [1.807, 2.05) is 35.7 Å². The summed E-state index contributed by atoms with van der Waals surface area (Å²) in [6.45, 7) is 6.69. The summed E-state index contributed by atoms with van der Waals surface area (Å²) >= 11 is 1.64. The number of rotatable bonds is 9. The summed E-state index contributed by atoms with van der Waals surface area (Å²) in [5, 5.41) is 5.30. The van der Waals surface area contributed by atoms with Crippen LogP contribution in [-0.2, 0) is 4.79 Å². The molecule has 0 bridgehead atoms. The van der Waals surface area contributed by atoms with Crippen LogP contribution < -0.4 is 10.2 Å². The standard InChI is InChI=1S/C31H37N3O2S/c1-3-33(24-14-8-11-22(2)21-24)19-10-18-32-30(35)28-25-15-6-7-16-26(25)31(36)34(23-12-4-5-13-23)29(28)27-17-9-20-37-27/h6-9,11,14-17,20-21,23,28-29H,3-5,10,12-13,18-19H2,1-2H3,(H,32,35). The fourth-order valence-corrected chi connectivity index (χ4v) is 6.93. The van der Waals surface area contributed by atoms with Crippen molar-refractivity contribution in [1.82, 2.24) is 10.2 Å². The van der Waals surface area contributed by atoms with Gasteiger partial charge in [-0.3, -0.25) is 9.59 Å². The fraction of sp³-hybridized carbons (Fsp3) is 0.419. The van der Waals surface area contributed by atoms with Gasteiger partial charge in [-0.25, -0.2) is 0 Å². The molecule has 3 aromatic rings. The first-order chi connectivity index (χ1) is 18.1. The summed E-state index contributed by atoms with van der Waals surface area (Å²) < 4.78 is 0. The van der Waals surface area contributed by atoms with Crippen LogP contribution in [0.3, 0.4) is 0 Å². The average molecular weight is 516 g/mol. The monoisotopic (exact) mass is 515 g/mol. The third kappa shape index (κ3) is 5.30. The van der Waals surface area contributed by atoms with E-state index in [0.717, 1.165) is 55.6 Å². The molecule has 0 radical (unpaired) electrons. The van der Waals surface area contributed by atoms with Gasteiger partial charge in [-0.1, -0.05) is 49.2 Å². The van der Waals surface area contributed by atoms with Crippen molar-refractivity contribution in [3.8, 4) is 0 Å². The third-order valence-corrected chi connectivity index (χ3v) is 8.81. The molecule has 2 amide bonds. The molecule has 2 heterocycles. The van der Waals surface area contributed by atoms with E-state index in [2.05, 4.69) is 59.3 Å². The van der Waals surface area contributed by atoms with E-state index in [1.165, 1.54) is 11.3 Å². The molecule has 1 aliphatic carbocycles. The molecule has 2 aromatic carbocycles. The van der Waals surface area contributed by atoms with Crippen LogP contribution in [0.5, 0.6) is 0 Å². The zero-order chi connectivity index (χ0) is 25.8. The van der Waals surface area contributed by atoms with Gasteiger partial charge in [0.1, 0.15) is 0 Å². The number of carbonyl (C=O) groups excluding carboxylic acids is 2. The third-order valence-electron chi connectivity index (χ3n) is 7.86. The SMILES string of the molecule is CCN(CCCNC(=O)C1c2ccccc2C(=O)N(C2CCCC2)C1c1cccs1)c1cccc(C)c1. The maximum atomic E-state index is 13.9. The van der Waals surface area contributed by atoms with Crippen LogP contribution in [0.25, 0.3) is 0 Å². The number of nitrogens with zero attached hydrogens (tertiary/aromatic N) is 2. The predicted octanol–water partition coefficient (Wildman–Crippen LogP) is 6.31. The topological polar surface area (TPSA) is 52.7 Å². The molecule has 37 heavy (non-hydrogen) atoms. The van der Waals surface area contributed by atoms with Gasteiger partial charge >= 0.3 is 0 Å². The Morgan fingerprint density at radius 2 is 1.89 bits per heavy atom. The van der Waals surface area contributed by atoms with Crippen molar-refractivity contribution in [3.05, 3.63) is 87.6 Å². The van der Waals surface area contributed by atoms with Crippen molar-refractivity contribution in [2.75, 3.05) is 24.5 Å². The Balaban J connectivity index is 1.36. The first-order valence-electron chi connectivity index (χ1n) is 13.6. The molecule has 0 spiro atoms. The van der Waals surface area contributed by atoms with Crippen LogP contribution in [0.4, 0.5) is 5.69 Å². The second kappa shape index (κ2) is 11.5. The second-order valence-electron chi connectivity index (χ2n) is 10.2. The van der Waals surface area contributed by atoms with Crippen molar-refractivity contribution >= 4 is 28.8 Å². The number of amides is 2. The van der Waals surface area contributed by atoms with E-state index in [-0.39, 0.29) is 23.9 Å². The summed E-state index contributed by atoms with van der Waals surface area (Å²) in [5.41, 5.74) is 4.01. The molecule has 1 N–H and O–H groups in total. The highest BCUT2D eigenvalue weighted by Crippen LogP contribution is 2.47. The Bertz CT molecular complexity index is 1220. The fourth-order valence-electron chi connectivity index (χ4n) is 6.07. The molecule has 6 heteroatoms. The lowest BCUT2D eigenvalue weighted by Gasteiger charge is -2.44. The zero-order valence-electron chi connectivity index (χ0n) is 21.9. The maximum Gasteiger partial charge on any atom is 0.254 e. The number of anilines is 1. The molecule has 0 saturated heterocycles. The van der Waals surface area contributed by atoms with Crippen molar-refractivity contribution in [1.29, 1.82) is 0 Å². The van der Waals surface area contributed by atoms with Crippen LogP contribution >= 0.6 is 11.3 Å². The molecule has 2 aliphatic rings. The van der Waals surface area contributed by atoms with Crippen LogP contribution in [0.15, 0.2) is 66.0 Å². The highest BCUT2D eigenvalue weighted by Gasteiger charge is 2.47. The first kappa shape index (κ1) is 25.5. The lowest BCUT2D eigenvalue weighted by Crippen LogP contribution is -2.50. The summed E-state index contributed by atoms with van der Waals surface area (Å²) in [4.78, 5) is 33.2. The summed E-state index contributed by atoms with van der Waals surface area (Å²) in [6.07, 6.45) is 5.15. The van der Waals surface area contributed by atoms with Crippen LogP contribution in [0.2, 0.25) is 0 Å². The van der Waals surface area contributed by atoms with Crippen LogP contribution in [-0.4, -0.2) is 42.4 Å². The number of benzene rings is 2. The Labute approximate surface area is 224 Å². The maximum absolute atomic E-state index is 13.9. The number of carbonyl (C=O) groups is 2. The highest BCUT2D eigenvalue weighted by molar-refractivity contribution is 7.10. The van der Waals surface area contributed by atoms with Gasteiger partial charge < -0.3 is 15.1 Å².